The molecule has 25 heavy (non-hydrogen) atoms. The van der Waals surface area contributed by atoms with Crippen molar-refractivity contribution >= 4 is 29.5 Å². The summed E-state index contributed by atoms with van der Waals surface area (Å²) in [6.07, 6.45) is 1.62. The van der Waals surface area contributed by atoms with Gasteiger partial charge in [-0.05, 0) is 30.9 Å². The van der Waals surface area contributed by atoms with Crippen molar-refractivity contribution in [2.75, 3.05) is 20.5 Å². The second-order valence-electron chi connectivity index (χ2n) is 6.30. The van der Waals surface area contributed by atoms with E-state index in [0.29, 0.717) is 5.56 Å². The Labute approximate surface area is 150 Å². The SMILES string of the molecule is COC(=O)[C@H]1C(=O)C[C@](C)(O)[C@@H](C(=O)OC)[C@H]1c1ccc(SC)cc1. The fourth-order valence-electron chi connectivity index (χ4n) is 3.50. The monoisotopic (exact) mass is 366 g/mol. The molecule has 1 aliphatic carbocycles. The van der Waals surface area contributed by atoms with Gasteiger partial charge in [0.25, 0.3) is 0 Å². The van der Waals surface area contributed by atoms with Crippen molar-refractivity contribution in [2.24, 2.45) is 11.8 Å². The van der Waals surface area contributed by atoms with Gasteiger partial charge in [0.2, 0.25) is 0 Å². The van der Waals surface area contributed by atoms with Crippen LogP contribution in [0.15, 0.2) is 29.2 Å². The zero-order valence-corrected chi connectivity index (χ0v) is 15.5. The minimum absolute atomic E-state index is 0.314. The third-order valence-corrected chi connectivity index (χ3v) is 5.42. The molecule has 0 saturated heterocycles. The molecule has 136 valence electrons. The first-order chi connectivity index (χ1) is 11.8. The summed E-state index contributed by atoms with van der Waals surface area (Å²) >= 11 is 1.55. The topological polar surface area (TPSA) is 89.9 Å². The third kappa shape index (κ3) is 3.72. The summed E-state index contributed by atoms with van der Waals surface area (Å²) in [5.41, 5.74) is -1.01. The highest BCUT2D eigenvalue weighted by Crippen LogP contribution is 2.46. The molecule has 6 nitrogen and oxygen atoms in total. The van der Waals surface area contributed by atoms with Gasteiger partial charge in [-0.3, -0.25) is 14.4 Å². The summed E-state index contributed by atoms with van der Waals surface area (Å²) in [5, 5.41) is 10.7. The van der Waals surface area contributed by atoms with Crippen LogP contribution in [-0.4, -0.2) is 48.9 Å². The van der Waals surface area contributed by atoms with Crippen molar-refractivity contribution in [3.05, 3.63) is 29.8 Å². The number of benzene rings is 1. The predicted molar refractivity (Wildman–Crippen MR) is 92.2 cm³/mol. The van der Waals surface area contributed by atoms with E-state index >= 15 is 0 Å². The van der Waals surface area contributed by atoms with E-state index in [4.69, 9.17) is 9.47 Å². The Morgan fingerprint density at radius 2 is 1.72 bits per heavy atom. The van der Waals surface area contributed by atoms with Gasteiger partial charge in [-0.15, -0.1) is 11.8 Å². The minimum Gasteiger partial charge on any atom is -0.469 e. The summed E-state index contributed by atoms with van der Waals surface area (Å²) < 4.78 is 9.64. The Hall–Kier alpha value is -1.86. The highest BCUT2D eigenvalue weighted by Gasteiger charge is 2.56. The molecule has 0 aromatic heterocycles. The zero-order chi connectivity index (χ0) is 18.8. The number of ketones is 1. The van der Waals surface area contributed by atoms with Crippen molar-refractivity contribution in [2.45, 2.75) is 29.8 Å². The van der Waals surface area contributed by atoms with Crippen LogP contribution in [-0.2, 0) is 23.9 Å². The molecule has 0 heterocycles. The van der Waals surface area contributed by atoms with Crippen LogP contribution >= 0.6 is 11.8 Å². The highest BCUT2D eigenvalue weighted by atomic mass is 32.2. The number of hydrogen-bond acceptors (Lipinski definition) is 7. The lowest BCUT2D eigenvalue weighted by molar-refractivity contribution is -0.170. The number of hydrogen-bond donors (Lipinski definition) is 1. The molecular formula is C18H22O6S. The Bertz CT molecular complexity index is 667. The summed E-state index contributed by atoms with van der Waals surface area (Å²) in [7, 11) is 2.42. The molecule has 1 fully saturated rings. The van der Waals surface area contributed by atoms with Crippen molar-refractivity contribution in [3.8, 4) is 0 Å². The van der Waals surface area contributed by atoms with Crippen LogP contribution in [0.25, 0.3) is 0 Å². The molecule has 0 amide bonds. The average molecular weight is 366 g/mol. The normalized spacial score (nSPS) is 29.2. The standard InChI is InChI=1S/C18H22O6S/c1-18(22)9-12(19)14(16(20)23-2)13(15(18)17(21)24-3)10-5-7-11(25-4)8-6-10/h5-8,13-15,22H,9H2,1-4H3/t13-,14-,15+,18-/m0/s1. The van der Waals surface area contributed by atoms with Crippen LogP contribution in [0.2, 0.25) is 0 Å². The van der Waals surface area contributed by atoms with Gasteiger partial charge in [0.05, 0.1) is 25.7 Å². The molecule has 0 unspecified atom stereocenters. The highest BCUT2D eigenvalue weighted by molar-refractivity contribution is 7.98. The van der Waals surface area contributed by atoms with E-state index < -0.39 is 41.1 Å². The van der Waals surface area contributed by atoms with E-state index in [-0.39, 0.29) is 6.42 Å². The molecule has 1 aliphatic rings. The quantitative estimate of drug-likeness (QED) is 0.494. The number of esters is 2. The molecule has 1 saturated carbocycles. The average Bonchev–Trinajstić information content (AvgIpc) is 2.59. The van der Waals surface area contributed by atoms with Gasteiger partial charge in [-0.2, -0.15) is 0 Å². The second-order valence-corrected chi connectivity index (χ2v) is 7.18. The van der Waals surface area contributed by atoms with Gasteiger partial charge < -0.3 is 14.6 Å². The lowest BCUT2D eigenvalue weighted by atomic mass is 9.62. The van der Waals surface area contributed by atoms with Crippen LogP contribution < -0.4 is 0 Å². The number of methoxy groups -OCH3 is 2. The van der Waals surface area contributed by atoms with Crippen LogP contribution in [0.1, 0.15) is 24.8 Å². The molecule has 4 atom stereocenters. The molecular weight excluding hydrogens is 344 g/mol. The molecule has 0 radical (unpaired) electrons. The van der Waals surface area contributed by atoms with E-state index in [2.05, 4.69) is 0 Å². The number of aliphatic hydroxyl groups is 1. The first-order valence-electron chi connectivity index (χ1n) is 7.81. The molecule has 7 heteroatoms. The fourth-order valence-corrected chi connectivity index (χ4v) is 3.90. The molecule has 1 N–H and O–H groups in total. The Kier molecular flexibility index (Phi) is 5.90. The minimum atomic E-state index is -1.61. The molecule has 1 aromatic rings. The summed E-state index contributed by atoms with van der Waals surface area (Å²) in [4.78, 5) is 38.2. The predicted octanol–water partition coefficient (Wildman–Crippen LogP) is 1.79. The first kappa shape index (κ1) is 19.5. The number of ether oxygens (including phenoxy) is 2. The summed E-state index contributed by atoms with van der Waals surface area (Å²) in [5.74, 6) is -4.89. The van der Waals surface area contributed by atoms with E-state index in [1.165, 1.54) is 21.1 Å². The lowest BCUT2D eigenvalue weighted by Gasteiger charge is -2.43. The van der Waals surface area contributed by atoms with Gasteiger partial charge >= 0.3 is 11.9 Å². The molecule has 0 aliphatic heterocycles. The third-order valence-electron chi connectivity index (χ3n) is 4.68. The molecule has 1 aromatic carbocycles. The van der Waals surface area contributed by atoms with Crippen molar-refractivity contribution in [1.82, 2.24) is 0 Å². The Balaban J connectivity index is 2.61. The number of Topliss-reactive ketones (excluding diaryl/α,β-unsaturated/α-hetero) is 1. The van der Waals surface area contributed by atoms with E-state index in [9.17, 15) is 19.5 Å². The second kappa shape index (κ2) is 7.58. The van der Waals surface area contributed by atoms with Gasteiger partial charge in [0, 0.05) is 17.2 Å². The smallest absolute Gasteiger partial charge is 0.316 e. The number of rotatable bonds is 4. The van der Waals surface area contributed by atoms with Gasteiger partial charge in [0.1, 0.15) is 5.92 Å². The van der Waals surface area contributed by atoms with Gasteiger partial charge in [0.15, 0.2) is 5.78 Å². The summed E-state index contributed by atoms with van der Waals surface area (Å²) in [6.45, 7) is 1.42. The van der Waals surface area contributed by atoms with E-state index in [1.54, 1.807) is 23.9 Å². The Morgan fingerprint density at radius 1 is 1.16 bits per heavy atom. The number of carbonyl (C=O) groups is 3. The van der Waals surface area contributed by atoms with Crippen LogP contribution in [0.4, 0.5) is 0 Å². The maximum absolute atomic E-state index is 12.6. The van der Waals surface area contributed by atoms with E-state index in [1.807, 2.05) is 18.4 Å². The van der Waals surface area contributed by atoms with Crippen molar-refractivity contribution < 1.29 is 29.0 Å². The van der Waals surface area contributed by atoms with Crippen LogP contribution in [0.3, 0.4) is 0 Å². The van der Waals surface area contributed by atoms with Crippen molar-refractivity contribution in [3.63, 3.8) is 0 Å². The maximum Gasteiger partial charge on any atom is 0.316 e. The Morgan fingerprint density at radius 3 is 2.20 bits per heavy atom. The number of thioether (sulfide) groups is 1. The van der Waals surface area contributed by atoms with Crippen LogP contribution in [0.5, 0.6) is 0 Å². The van der Waals surface area contributed by atoms with E-state index in [0.717, 1.165) is 4.90 Å². The molecule has 0 spiro atoms. The van der Waals surface area contributed by atoms with Gasteiger partial charge in [-0.25, -0.2) is 0 Å². The first-order valence-corrected chi connectivity index (χ1v) is 9.04. The summed E-state index contributed by atoms with van der Waals surface area (Å²) in [6, 6.07) is 7.21. The van der Waals surface area contributed by atoms with Crippen LogP contribution in [0, 0.1) is 11.8 Å². The fraction of sp³-hybridized carbons (Fsp3) is 0.500. The maximum atomic E-state index is 12.6. The lowest BCUT2D eigenvalue weighted by Crippen LogP contribution is -2.55. The number of carbonyl (C=O) groups excluding carboxylic acids is 3. The van der Waals surface area contributed by atoms with Crippen molar-refractivity contribution in [1.29, 1.82) is 0 Å². The molecule has 2 rings (SSSR count). The largest absolute Gasteiger partial charge is 0.469 e. The zero-order valence-electron chi connectivity index (χ0n) is 14.6. The molecule has 0 bridgehead atoms. The van der Waals surface area contributed by atoms with Gasteiger partial charge in [-0.1, -0.05) is 12.1 Å².